The molecule has 0 spiro atoms. The van der Waals surface area contributed by atoms with E-state index in [-0.39, 0.29) is 31.0 Å². The minimum Gasteiger partial charge on any atom is -0.462 e. The number of ketones is 1. The minimum absolute atomic E-state index is 0.0189. The Morgan fingerprint density at radius 1 is 0.966 bits per heavy atom. The van der Waals surface area contributed by atoms with E-state index >= 15 is 0 Å². The van der Waals surface area contributed by atoms with Crippen LogP contribution in [-0.4, -0.2) is 24.3 Å². The summed E-state index contributed by atoms with van der Waals surface area (Å²) in [6, 6.07) is 15.9. The summed E-state index contributed by atoms with van der Waals surface area (Å²) in [4.78, 5) is 36.3. The molecule has 0 aliphatic carbocycles. The second-order valence-corrected chi connectivity index (χ2v) is 6.24. The van der Waals surface area contributed by atoms with Gasteiger partial charge in [0.2, 0.25) is 0 Å². The van der Waals surface area contributed by atoms with E-state index in [9.17, 15) is 14.4 Å². The van der Waals surface area contributed by atoms with Gasteiger partial charge >= 0.3 is 11.9 Å². The van der Waals surface area contributed by atoms with Gasteiger partial charge in [-0.15, -0.1) is 0 Å². The Hall–Kier alpha value is -3.41. The minimum atomic E-state index is -0.647. The molecule has 0 amide bonds. The highest BCUT2D eigenvalue weighted by Crippen LogP contribution is 2.14. The molecule has 0 unspecified atom stereocenters. The van der Waals surface area contributed by atoms with Gasteiger partial charge in [-0.1, -0.05) is 37.3 Å². The molecular weight excluding hydrogens is 370 g/mol. The highest BCUT2D eigenvalue weighted by atomic mass is 16.5. The lowest BCUT2D eigenvalue weighted by Crippen LogP contribution is -2.17. The van der Waals surface area contributed by atoms with Gasteiger partial charge in [-0.05, 0) is 43.2 Å². The number of carbonyl (C=O) groups is 3. The van der Waals surface area contributed by atoms with E-state index in [1.165, 1.54) is 6.20 Å². The second-order valence-electron chi connectivity index (χ2n) is 6.24. The number of hydrogen-bond acceptors (Lipinski definition) is 6. The summed E-state index contributed by atoms with van der Waals surface area (Å²) in [5, 5.41) is 2.96. The fourth-order valence-electron chi connectivity index (χ4n) is 2.54. The molecule has 152 valence electrons. The van der Waals surface area contributed by atoms with E-state index in [2.05, 4.69) is 5.32 Å². The van der Waals surface area contributed by atoms with E-state index in [0.717, 1.165) is 5.56 Å². The van der Waals surface area contributed by atoms with Gasteiger partial charge in [0.1, 0.15) is 12.2 Å². The number of nitrogens with one attached hydrogen (secondary N) is 1. The van der Waals surface area contributed by atoms with Gasteiger partial charge < -0.3 is 14.8 Å². The van der Waals surface area contributed by atoms with Crippen LogP contribution in [0.15, 0.2) is 66.4 Å². The highest BCUT2D eigenvalue weighted by Gasteiger charge is 2.18. The Labute approximate surface area is 170 Å². The van der Waals surface area contributed by atoms with Gasteiger partial charge in [-0.3, -0.25) is 4.79 Å². The van der Waals surface area contributed by atoms with Crippen LogP contribution in [0.2, 0.25) is 0 Å². The summed E-state index contributed by atoms with van der Waals surface area (Å²) in [7, 11) is 0. The molecule has 0 fully saturated rings. The molecule has 0 saturated heterocycles. The van der Waals surface area contributed by atoms with Crippen molar-refractivity contribution < 1.29 is 23.9 Å². The molecule has 0 aromatic heterocycles. The Kier molecular flexibility index (Phi) is 8.63. The van der Waals surface area contributed by atoms with E-state index in [0.29, 0.717) is 17.7 Å². The molecule has 0 saturated carbocycles. The summed E-state index contributed by atoms with van der Waals surface area (Å²) < 4.78 is 10.3. The average molecular weight is 395 g/mol. The normalized spacial score (nSPS) is 10.9. The summed E-state index contributed by atoms with van der Waals surface area (Å²) in [6.45, 7) is 3.85. The van der Waals surface area contributed by atoms with Crippen LogP contribution >= 0.6 is 0 Å². The maximum absolute atomic E-state index is 12.2. The molecule has 0 aliphatic rings. The van der Waals surface area contributed by atoms with Gasteiger partial charge in [-0.2, -0.15) is 0 Å². The lowest BCUT2D eigenvalue weighted by molar-refractivity contribution is -0.140. The number of Topliss-reactive ketones (excluding diaryl/α,β-unsaturated/α-hetero) is 1. The van der Waals surface area contributed by atoms with Crippen molar-refractivity contribution in [1.82, 2.24) is 0 Å². The highest BCUT2D eigenvalue weighted by molar-refractivity contribution is 6.17. The van der Waals surface area contributed by atoms with Crippen molar-refractivity contribution in [2.75, 3.05) is 11.9 Å². The van der Waals surface area contributed by atoms with Crippen molar-refractivity contribution in [1.29, 1.82) is 0 Å². The molecule has 29 heavy (non-hydrogen) atoms. The number of benzene rings is 2. The molecule has 0 aliphatic heterocycles. The molecule has 6 nitrogen and oxygen atoms in total. The molecule has 0 radical (unpaired) electrons. The first-order valence-electron chi connectivity index (χ1n) is 9.53. The third kappa shape index (κ3) is 6.92. The summed E-state index contributed by atoms with van der Waals surface area (Å²) in [5.74, 6) is -1.32. The van der Waals surface area contributed by atoms with Crippen LogP contribution in [-0.2, 0) is 25.7 Å². The molecule has 1 N–H and O–H groups in total. The molecule has 2 aromatic carbocycles. The Balaban J connectivity index is 2.05. The number of carbonyl (C=O) groups excluding carboxylic acids is 3. The zero-order valence-corrected chi connectivity index (χ0v) is 16.6. The van der Waals surface area contributed by atoms with Crippen molar-refractivity contribution in [3.05, 3.63) is 77.5 Å². The summed E-state index contributed by atoms with van der Waals surface area (Å²) in [5.41, 5.74) is 1.89. The molecule has 0 bridgehead atoms. The lowest BCUT2D eigenvalue weighted by atomic mass is 10.1. The van der Waals surface area contributed by atoms with Gasteiger partial charge in [-0.25, -0.2) is 9.59 Å². The van der Waals surface area contributed by atoms with Gasteiger partial charge in [0, 0.05) is 18.3 Å². The number of hydrogen-bond donors (Lipinski definition) is 1. The third-order valence-corrected chi connectivity index (χ3v) is 3.96. The third-order valence-electron chi connectivity index (χ3n) is 3.96. The maximum Gasteiger partial charge on any atom is 0.343 e. The van der Waals surface area contributed by atoms with Crippen molar-refractivity contribution in [2.45, 2.75) is 33.3 Å². The first kappa shape index (κ1) is 21.9. The van der Waals surface area contributed by atoms with Crippen LogP contribution in [0.1, 0.15) is 42.6 Å². The molecule has 2 rings (SSSR count). The van der Waals surface area contributed by atoms with Crippen LogP contribution in [0, 0.1) is 0 Å². The standard InChI is InChI=1S/C23H25NO5/c1-3-9-21(25)20(23(27)28-4-2)15-24-19-13-8-10-17(14-19)16-29-22(26)18-11-6-5-7-12-18/h5-8,10-15,24H,3-4,9,16H2,1-2H3. The molecule has 0 heterocycles. The topological polar surface area (TPSA) is 81.7 Å². The van der Waals surface area contributed by atoms with E-state index in [1.54, 1.807) is 49.4 Å². The maximum atomic E-state index is 12.2. The van der Waals surface area contributed by atoms with Crippen LogP contribution in [0.5, 0.6) is 0 Å². The van der Waals surface area contributed by atoms with Crippen LogP contribution in [0.25, 0.3) is 0 Å². The van der Waals surface area contributed by atoms with Crippen molar-refractivity contribution >= 4 is 23.4 Å². The Bertz CT molecular complexity index is 854. The van der Waals surface area contributed by atoms with Gasteiger partial charge in [0.25, 0.3) is 0 Å². The van der Waals surface area contributed by atoms with Crippen molar-refractivity contribution in [3.63, 3.8) is 0 Å². The smallest absolute Gasteiger partial charge is 0.343 e. The monoisotopic (exact) mass is 395 g/mol. The first-order chi connectivity index (χ1) is 14.0. The average Bonchev–Trinajstić information content (AvgIpc) is 2.73. The number of rotatable bonds is 10. The predicted octanol–water partition coefficient (Wildman–Crippen LogP) is 4.27. The predicted molar refractivity (Wildman–Crippen MR) is 110 cm³/mol. The molecule has 2 aromatic rings. The Morgan fingerprint density at radius 3 is 2.41 bits per heavy atom. The Morgan fingerprint density at radius 2 is 1.72 bits per heavy atom. The number of ether oxygens (including phenoxy) is 2. The van der Waals surface area contributed by atoms with Crippen LogP contribution in [0.4, 0.5) is 5.69 Å². The van der Waals surface area contributed by atoms with Crippen molar-refractivity contribution in [2.24, 2.45) is 0 Å². The van der Waals surface area contributed by atoms with Crippen molar-refractivity contribution in [3.8, 4) is 0 Å². The van der Waals surface area contributed by atoms with Gasteiger partial charge in [0.15, 0.2) is 5.78 Å². The molecule has 0 atom stereocenters. The SMILES string of the molecule is CCCC(=O)C(=CNc1cccc(COC(=O)c2ccccc2)c1)C(=O)OCC. The summed E-state index contributed by atoms with van der Waals surface area (Å²) in [6.07, 6.45) is 2.27. The quantitative estimate of drug-likeness (QED) is 0.280. The van der Waals surface area contributed by atoms with Crippen LogP contribution < -0.4 is 5.32 Å². The van der Waals surface area contributed by atoms with E-state index < -0.39 is 11.9 Å². The second kappa shape index (κ2) is 11.4. The van der Waals surface area contributed by atoms with Gasteiger partial charge in [0.05, 0.1) is 12.2 Å². The first-order valence-corrected chi connectivity index (χ1v) is 9.53. The fourth-order valence-corrected chi connectivity index (χ4v) is 2.54. The lowest BCUT2D eigenvalue weighted by Gasteiger charge is -2.09. The van der Waals surface area contributed by atoms with E-state index in [1.807, 2.05) is 19.1 Å². The molecular formula is C23H25NO5. The molecule has 6 heteroatoms. The number of esters is 2. The summed E-state index contributed by atoms with van der Waals surface area (Å²) >= 11 is 0. The van der Waals surface area contributed by atoms with E-state index in [4.69, 9.17) is 9.47 Å². The fraction of sp³-hybridized carbons (Fsp3) is 0.261. The largest absolute Gasteiger partial charge is 0.462 e. The zero-order chi connectivity index (χ0) is 21.1. The zero-order valence-electron chi connectivity index (χ0n) is 16.6. The number of anilines is 1. The van der Waals surface area contributed by atoms with Crippen LogP contribution in [0.3, 0.4) is 0 Å².